The topological polar surface area (TPSA) is 226 Å². The predicted molar refractivity (Wildman–Crippen MR) is 370 cm³/mol. The van der Waals surface area contributed by atoms with Crippen molar-refractivity contribution in [3.05, 3.63) is 112 Å². The molecule has 2 heterocycles. The van der Waals surface area contributed by atoms with E-state index >= 15 is 0 Å². The van der Waals surface area contributed by atoms with Crippen LogP contribution in [0.15, 0.2) is 100 Å². The van der Waals surface area contributed by atoms with E-state index in [2.05, 4.69) is 119 Å². The molecule has 0 aliphatic heterocycles. The summed E-state index contributed by atoms with van der Waals surface area (Å²) in [4.78, 5) is 75.9. The van der Waals surface area contributed by atoms with Crippen molar-refractivity contribution >= 4 is 57.0 Å². The number of hydrogen-bond donors (Lipinski definition) is 4. The third-order valence-electron chi connectivity index (χ3n) is 26.4. The lowest BCUT2D eigenvalue weighted by atomic mass is 9.33. The third-order valence-corrected chi connectivity index (χ3v) is 27.5. The first-order chi connectivity index (χ1) is 45.9. The maximum Gasteiger partial charge on any atom is 0.422 e. The van der Waals surface area contributed by atoms with Crippen LogP contribution in [0.3, 0.4) is 0 Å². The molecule has 13 rings (SSSR count). The quantitative estimate of drug-likeness (QED) is 0.0765. The Morgan fingerprint density at radius 2 is 1.53 bits per heavy atom. The van der Waals surface area contributed by atoms with Gasteiger partial charge in [0.1, 0.15) is 17.5 Å². The van der Waals surface area contributed by atoms with Crippen LogP contribution >= 0.6 is 0 Å². The Morgan fingerprint density at radius 1 is 0.816 bits per heavy atom. The molecule has 2 aromatic heterocycles. The number of imidazole rings is 1. The van der Waals surface area contributed by atoms with Crippen molar-refractivity contribution < 1.29 is 66.1 Å². The maximum absolute atomic E-state index is 14.5. The van der Waals surface area contributed by atoms with Crippen molar-refractivity contribution in [3.63, 3.8) is 0 Å². The second-order valence-electron chi connectivity index (χ2n) is 32.4. The number of aromatic amines is 1. The van der Waals surface area contributed by atoms with Crippen LogP contribution < -0.4 is 9.64 Å². The zero-order valence-corrected chi connectivity index (χ0v) is 59.9. The van der Waals surface area contributed by atoms with E-state index in [1.54, 1.807) is 18.6 Å². The minimum atomic E-state index is -4.42. The predicted octanol–water partition coefficient (Wildman–Crippen LogP) is 15.8. The first-order valence-electron chi connectivity index (χ1n) is 35.2. The number of aromatic nitrogens is 3. The molecule has 15 nitrogen and oxygen atoms in total. The molecule has 0 amide bonds. The van der Waals surface area contributed by atoms with Gasteiger partial charge >= 0.3 is 24.1 Å². The number of carboxylic acid groups (broad SMARTS) is 2. The Balaban J connectivity index is 0.000000153. The van der Waals surface area contributed by atoms with Crippen LogP contribution in [0, 0.1) is 86.3 Å². The van der Waals surface area contributed by atoms with Crippen LogP contribution in [0.1, 0.15) is 201 Å². The summed E-state index contributed by atoms with van der Waals surface area (Å²) in [5.41, 5.74) is 7.44. The highest BCUT2D eigenvalue weighted by molar-refractivity contribution is 7.84. The highest BCUT2D eigenvalue weighted by Gasteiger charge is 2.71. The van der Waals surface area contributed by atoms with E-state index in [9.17, 15) is 51.6 Å². The van der Waals surface area contributed by atoms with Gasteiger partial charge in [-0.2, -0.15) is 13.2 Å². The fourth-order valence-electron chi connectivity index (χ4n) is 20.6. The first kappa shape index (κ1) is 72.3. The summed E-state index contributed by atoms with van der Waals surface area (Å²) in [7, 11) is 2.63. The fraction of sp³-hybridized carbons (Fsp3) is 0.608. The summed E-state index contributed by atoms with van der Waals surface area (Å²) in [6.45, 7) is 19.9. The maximum atomic E-state index is 14.5. The highest BCUT2D eigenvalue weighted by Crippen LogP contribution is 2.76. The number of carboxylic acids is 2. The molecule has 6 fully saturated rings. The summed E-state index contributed by atoms with van der Waals surface area (Å²) in [6, 6.07) is 17.6. The summed E-state index contributed by atoms with van der Waals surface area (Å²) < 4.78 is 60.1. The second-order valence-corrected chi connectivity index (χ2v) is 33.7. The molecule has 4 aromatic rings. The van der Waals surface area contributed by atoms with Crippen molar-refractivity contribution in [1.29, 1.82) is 0 Å². The first-order valence-corrected chi connectivity index (χ1v) is 36.5. The summed E-state index contributed by atoms with van der Waals surface area (Å²) >= 11 is 0. The van der Waals surface area contributed by atoms with Gasteiger partial charge in [0.05, 0.1) is 51.5 Å². The normalized spacial score (nSPS) is 34.6. The number of para-hydroxylation sites is 2. The van der Waals surface area contributed by atoms with E-state index in [1.807, 2.05) is 44.2 Å². The molecule has 4 N–H and O–H groups in total. The molecular weight excluding hydrogens is 1270 g/mol. The molecule has 0 spiro atoms. The summed E-state index contributed by atoms with van der Waals surface area (Å²) in [5.74, 6) is 5.98. The largest absolute Gasteiger partial charge is 0.484 e. The van der Waals surface area contributed by atoms with E-state index < -0.39 is 52.5 Å². The molecule has 9 aliphatic carbocycles. The molecule has 19 heteroatoms. The number of alkyl halides is 3. The average Bonchev–Trinajstić information content (AvgIpc) is 0.784. The van der Waals surface area contributed by atoms with Crippen LogP contribution in [-0.2, 0) is 45.3 Å². The molecule has 0 saturated heterocycles. The van der Waals surface area contributed by atoms with E-state index in [0.717, 1.165) is 82.6 Å². The average molecular weight is 1370 g/mol. The number of benzene rings is 2. The molecule has 6 saturated carbocycles. The van der Waals surface area contributed by atoms with Crippen molar-refractivity contribution in [2.24, 2.45) is 67.5 Å². The number of esters is 1. The second kappa shape index (κ2) is 26.6. The van der Waals surface area contributed by atoms with Crippen LogP contribution in [0.25, 0.3) is 11.0 Å². The summed E-state index contributed by atoms with van der Waals surface area (Å²) in [5, 5.41) is 31.1. The molecule has 528 valence electrons. The number of ether oxygens (including phenoxy) is 2. The van der Waals surface area contributed by atoms with Crippen LogP contribution in [0.4, 0.5) is 18.9 Å². The SMILES string of the molecule is CC#C[C@]1(O)CC[C@H]2[C@@H]3CCC4=CC(=O)CCC4=C3[C@@H](c3ccc(N(C)C)cc3)C[C@@]21C.CC1(C)[C@H]2CC[C@]3(C)[C@@H](C(=O)C=C4[C@@H]5C[C@](C)(C(=O)O)CC[C@@]5(C)CC[C@]43C)[C@]2(C)CC[C@H]1OC(=O)CCC(=O)O.Cc1c(OCC(F)(F)F)ccnc1CS(=O)c1nc2ccccc2[nH]1. The smallest absolute Gasteiger partial charge is 0.422 e. The Morgan fingerprint density at radius 3 is 2.20 bits per heavy atom. The Kier molecular flexibility index (Phi) is 19.6. The van der Waals surface area contributed by atoms with Crippen molar-refractivity contribution in [2.45, 2.75) is 220 Å². The van der Waals surface area contributed by atoms with E-state index in [0.29, 0.717) is 59.4 Å². The molecule has 1 unspecified atom stereocenters. The molecular formula is C79H99F3N4O11S. The number of carbonyl (C=O) groups is 5. The van der Waals surface area contributed by atoms with Crippen molar-refractivity contribution in [3.8, 4) is 17.6 Å². The lowest BCUT2D eigenvalue weighted by molar-refractivity contribution is -0.211. The zero-order chi connectivity index (χ0) is 71.1. The lowest BCUT2D eigenvalue weighted by Gasteiger charge is -2.70. The number of nitrogens with one attached hydrogen (secondary N) is 1. The molecule has 15 atom stereocenters. The number of aliphatic hydroxyl groups is 1. The monoisotopic (exact) mass is 1370 g/mol. The van der Waals surface area contributed by atoms with Crippen molar-refractivity contribution in [2.75, 3.05) is 25.6 Å². The molecule has 98 heavy (non-hydrogen) atoms. The van der Waals surface area contributed by atoms with Gasteiger partial charge in [-0.15, -0.1) is 5.92 Å². The third kappa shape index (κ3) is 12.9. The highest BCUT2D eigenvalue weighted by atomic mass is 32.2. The van der Waals surface area contributed by atoms with E-state index in [1.165, 1.54) is 40.2 Å². The summed E-state index contributed by atoms with van der Waals surface area (Å²) in [6.07, 6.45) is 13.9. The van der Waals surface area contributed by atoms with Gasteiger partial charge in [0, 0.05) is 60.6 Å². The number of allylic oxidation sites excluding steroid dienone is 6. The van der Waals surface area contributed by atoms with Gasteiger partial charge in [0.2, 0.25) is 0 Å². The number of aliphatic carboxylic acids is 2. The van der Waals surface area contributed by atoms with Crippen molar-refractivity contribution in [1.82, 2.24) is 15.0 Å². The number of nitrogens with zero attached hydrogens (tertiary/aromatic N) is 3. The minimum Gasteiger partial charge on any atom is -0.484 e. The molecule has 0 radical (unpaired) electrons. The Bertz CT molecular complexity index is 3980. The molecule has 2 aromatic carbocycles. The number of pyridine rings is 1. The van der Waals surface area contributed by atoms with Gasteiger partial charge in [0.25, 0.3) is 0 Å². The number of rotatable bonds is 12. The van der Waals surface area contributed by atoms with E-state index in [-0.39, 0.29) is 98.2 Å². The van der Waals surface area contributed by atoms with Gasteiger partial charge in [-0.3, -0.25) is 33.2 Å². The van der Waals surface area contributed by atoms with Gasteiger partial charge < -0.3 is 34.7 Å². The van der Waals surface area contributed by atoms with Gasteiger partial charge in [0.15, 0.2) is 23.3 Å². The number of H-pyrrole nitrogens is 1. The Labute approximate surface area is 577 Å². The standard InChI is InChI=1S/C34H50O7.C29H35NO2.C16H14F3N3O2S/c1-29(2)23-10-13-34(7)27(32(23,5)12-11-24(29)41-26(38)9-8-25(36)37)22(35)18-20-21-19-31(4,28(39)40)15-14-30(21,3)16-17-33(20,34)6;1-5-15-29(32)16-14-26-24-12-8-20-17-22(31)11-13-23(20)27(24)25(18-28(26,29)2)19-6-9-21(10-7-19)30(3)4;1-10-13(20-7-6-14(10)24-9-16(17,18)19)8-25(23)15-21-11-4-2-3-5-12(11)22-15/h18,21,23-24,27H,8-17,19H2,1-7H3,(H,36,37)(H,39,40);6-7,9-10,17,24-26,32H,8,11-14,16,18H2,1-4H3;2-7H,8-9H2,1H3,(H,21,22)/t21-,23+,24+,27-,30-,31+,32+,33+,34+;24-,25+,26-,28-,29-;/m00./s1. The Hall–Kier alpha value is -6.91. The minimum absolute atomic E-state index is 0.0227. The van der Waals surface area contributed by atoms with Crippen LogP contribution in [0.2, 0.25) is 0 Å². The number of halogens is 3. The molecule has 0 bridgehead atoms. The van der Waals surface area contributed by atoms with E-state index in [4.69, 9.17) is 14.6 Å². The molecule has 9 aliphatic rings. The van der Waals surface area contributed by atoms with Gasteiger partial charge in [-0.1, -0.05) is 89.8 Å². The number of anilines is 1. The van der Waals surface area contributed by atoms with Gasteiger partial charge in [-0.25, -0.2) is 4.98 Å². The lowest BCUT2D eigenvalue weighted by Crippen LogP contribution is -2.66. The number of ketones is 2. The van der Waals surface area contributed by atoms with Crippen LogP contribution in [0.5, 0.6) is 5.75 Å². The number of hydrogen-bond acceptors (Lipinski definition) is 12. The number of fused-ring (bicyclic) bond motifs is 12. The fourth-order valence-corrected chi connectivity index (χ4v) is 21.7. The van der Waals surface area contributed by atoms with Gasteiger partial charge in [-0.05, 0) is 222 Å². The number of carbonyl (C=O) groups excluding carboxylic acids is 3. The zero-order valence-electron chi connectivity index (χ0n) is 59.1. The van der Waals surface area contributed by atoms with Crippen LogP contribution in [-0.4, -0.2) is 103 Å².